The van der Waals surface area contributed by atoms with E-state index in [2.05, 4.69) is 18.0 Å². The molecule has 3 heteroatoms. The van der Waals surface area contributed by atoms with Crippen molar-refractivity contribution in [3.05, 3.63) is 30.0 Å². The van der Waals surface area contributed by atoms with Gasteiger partial charge in [0.25, 0.3) is 0 Å². The van der Waals surface area contributed by atoms with Crippen LogP contribution in [0.4, 0.5) is 0 Å². The summed E-state index contributed by atoms with van der Waals surface area (Å²) in [7, 11) is 0. The van der Waals surface area contributed by atoms with Crippen LogP contribution in [0.1, 0.15) is 57.4 Å². The van der Waals surface area contributed by atoms with Crippen molar-refractivity contribution in [3.63, 3.8) is 0 Å². The van der Waals surface area contributed by atoms with Gasteiger partial charge in [-0.25, -0.2) is 0 Å². The largest absolute Gasteiger partial charge is 0.491 e. The minimum atomic E-state index is 0.177. The zero-order valence-corrected chi connectivity index (χ0v) is 13.7. The molecule has 0 unspecified atom stereocenters. The van der Waals surface area contributed by atoms with Gasteiger partial charge in [-0.3, -0.25) is 0 Å². The number of aliphatic hydroxyl groups is 1. The number of H-pyrrole nitrogens is 1. The highest BCUT2D eigenvalue weighted by Crippen LogP contribution is 2.27. The molecule has 1 aromatic carbocycles. The van der Waals surface area contributed by atoms with E-state index in [9.17, 15) is 0 Å². The average Bonchev–Trinajstić information content (AvgIpc) is 2.94. The van der Waals surface area contributed by atoms with Crippen LogP contribution in [0.5, 0.6) is 5.75 Å². The zero-order chi connectivity index (χ0) is 15.6. The number of rotatable bonds is 11. The maximum atomic E-state index is 9.10. The third kappa shape index (κ3) is 4.77. The van der Waals surface area contributed by atoms with Gasteiger partial charge >= 0.3 is 0 Å². The molecule has 3 nitrogen and oxygen atoms in total. The van der Waals surface area contributed by atoms with Crippen molar-refractivity contribution in [2.24, 2.45) is 0 Å². The van der Waals surface area contributed by atoms with Gasteiger partial charge in [0.1, 0.15) is 5.75 Å². The molecule has 1 heterocycles. The first-order valence-electron chi connectivity index (χ1n) is 8.69. The SMILES string of the molecule is CCCCCCCCCOc1cccc2c(CCO)c[nH]c12. The van der Waals surface area contributed by atoms with Crippen LogP contribution in [0.15, 0.2) is 24.4 Å². The summed E-state index contributed by atoms with van der Waals surface area (Å²) in [6, 6.07) is 6.12. The maximum absolute atomic E-state index is 9.10. The molecule has 0 bridgehead atoms. The first-order valence-corrected chi connectivity index (χ1v) is 8.69. The number of fused-ring (bicyclic) bond motifs is 1. The molecule has 0 radical (unpaired) electrons. The lowest BCUT2D eigenvalue weighted by molar-refractivity contribution is 0.300. The lowest BCUT2D eigenvalue weighted by Crippen LogP contribution is -1.98. The van der Waals surface area contributed by atoms with E-state index in [1.54, 1.807) is 0 Å². The van der Waals surface area contributed by atoms with Gasteiger partial charge in [-0.05, 0) is 24.5 Å². The van der Waals surface area contributed by atoms with Crippen LogP contribution in [-0.4, -0.2) is 23.3 Å². The topological polar surface area (TPSA) is 45.2 Å². The predicted octanol–water partition coefficient (Wildman–Crippen LogP) is 4.83. The summed E-state index contributed by atoms with van der Waals surface area (Å²) in [5.41, 5.74) is 2.20. The average molecular weight is 303 g/mol. The van der Waals surface area contributed by atoms with Crippen molar-refractivity contribution < 1.29 is 9.84 Å². The summed E-state index contributed by atoms with van der Waals surface area (Å²) in [5.74, 6) is 0.924. The molecule has 0 amide bonds. The normalized spacial score (nSPS) is 11.2. The molecule has 2 aromatic rings. The van der Waals surface area contributed by atoms with Gasteiger partial charge in [0.05, 0.1) is 12.1 Å². The Balaban J connectivity index is 1.77. The Morgan fingerprint density at radius 3 is 2.59 bits per heavy atom. The highest BCUT2D eigenvalue weighted by atomic mass is 16.5. The Hall–Kier alpha value is -1.48. The third-order valence-corrected chi connectivity index (χ3v) is 4.15. The van der Waals surface area contributed by atoms with Crippen molar-refractivity contribution >= 4 is 10.9 Å². The second-order valence-corrected chi connectivity index (χ2v) is 5.94. The van der Waals surface area contributed by atoms with E-state index in [1.165, 1.54) is 38.5 Å². The quantitative estimate of drug-likeness (QED) is 0.584. The monoisotopic (exact) mass is 303 g/mol. The van der Waals surface area contributed by atoms with Crippen molar-refractivity contribution in [3.8, 4) is 5.75 Å². The van der Waals surface area contributed by atoms with Gasteiger partial charge in [0, 0.05) is 18.2 Å². The molecule has 0 aliphatic carbocycles. The van der Waals surface area contributed by atoms with E-state index in [0.29, 0.717) is 6.42 Å². The molecular formula is C19H29NO2. The van der Waals surface area contributed by atoms with Crippen LogP contribution in [0.3, 0.4) is 0 Å². The molecule has 0 saturated carbocycles. The molecule has 22 heavy (non-hydrogen) atoms. The molecule has 0 spiro atoms. The van der Waals surface area contributed by atoms with Crippen molar-refractivity contribution in [1.82, 2.24) is 4.98 Å². The van der Waals surface area contributed by atoms with Crippen LogP contribution in [0.25, 0.3) is 10.9 Å². The Labute approximate surface area is 133 Å². The second kappa shape index (κ2) is 9.52. The van der Waals surface area contributed by atoms with Crippen LogP contribution in [0.2, 0.25) is 0 Å². The summed E-state index contributed by atoms with van der Waals surface area (Å²) < 4.78 is 5.94. The molecule has 0 saturated heterocycles. The number of ether oxygens (including phenoxy) is 1. The minimum Gasteiger partial charge on any atom is -0.491 e. The molecule has 2 rings (SSSR count). The molecular weight excluding hydrogens is 274 g/mol. The van der Waals surface area contributed by atoms with E-state index >= 15 is 0 Å². The summed E-state index contributed by atoms with van der Waals surface area (Å²) in [4.78, 5) is 3.28. The fraction of sp³-hybridized carbons (Fsp3) is 0.579. The zero-order valence-electron chi connectivity index (χ0n) is 13.7. The van der Waals surface area contributed by atoms with E-state index in [1.807, 2.05) is 18.3 Å². The second-order valence-electron chi connectivity index (χ2n) is 5.94. The van der Waals surface area contributed by atoms with Gasteiger partial charge < -0.3 is 14.8 Å². The van der Waals surface area contributed by atoms with Crippen molar-refractivity contribution in [2.75, 3.05) is 13.2 Å². The van der Waals surface area contributed by atoms with Gasteiger partial charge in [0.15, 0.2) is 0 Å². The Morgan fingerprint density at radius 1 is 1.05 bits per heavy atom. The van der Waals surface area contributed by atoms with Crippen molar-refractivity contribution in [1.29, 1.82) is 0 Å². The number of hydrogen-bond acceptors (Lipinski definition) is 2. The van der Waals surface area contributed by atoms with Crippen LogP contribution < -0.4 is 4.74 Å². The maximum Gasteiger partial charge on any atom is 0.143 e. The van der Waals surface area contributed by atoms with Gasteiger partial charge in [0.2, 0.25) is 0 Å². The summed E-state index contributed by atoms with van der Waals surface area (Å²) in [6.07, 6.45) is 11.7. The van der Waals surface area contributed by atoms with E-state index < -0.39 is 0 Å². The molecule has 1 aromatic heterocycles. The third-order valence-electron chi connectivity index (χ3n) is 4.15. The number of unbranched alkanes of at least 4 members (excludes halogenated alkanes) is 6. The predicted molar refractivity (Wildman–Crippen MR) is 92.6 cm³/mol. The summed E-state index contributed by atoms with van der Waals surface area (Å²) in [6.45, 7) is 3.21. The molecule has 2 N–H and O–H groups in total. The molecule has 0 aliphatic rings. The van der Waals surface area contributed by atoms with Crippen LogP contribution >= 0.6 is 0 Å². The first-order chi connectivity index (χ1) is 10.9. The first kappa shape index (κ1) is 16.9. The lowest BCUT2D eigenvalue weighted by atomic mass is 10.1. The van der Waals surface area contributed by atoms with Crippen molar-refractivity contribution in [2.45, 2.75) is 58.3 Å². The van der Waals surface area contributed by atoms with E-state index in [4.69, 9.17) is 9.84 Å². The number of aliphatic hydroxyl groups excluding tert-OH is 1. The fourth-order valence-electron chi connectivity index (χ4n) is 2.87. The van der Waals surface area contributed by atoms with Gasteiger partial charge in [-0.15, -0.1) is 0 Å². The van der Waals surface area contributed by atoms with Crippen LogP contribution in [0, 0.1) is 0 Å². The van der Waals surface area contributed by atoms with Gasteiger partial charge in [-0.1, -0.05) is 57.6 Å². The lowest BCUT2D eigenvalue weighted by Gasteiger charge is -2.07. The molecule has 0 aliphatic heterocycles. The fourth-order valence-corrected chi connectivity index (χ4v) is 2.87. The number of para-hydroxylation sites is 1. The Morgan fingerprint density at radius 2 is 1.82 bits per heavy atom. The van der Waals surface area contributed by atoms with Gasteiger partial charge in [-0.2, -0.15) is 0 Å². The minimum absolute atomic E-state index is 0.177. The summed E-state index contributed by atoms with van der Waals surface area (Å²) >= 11 is 0. The van der Waals surface area contributed by atoms with E-state index in [-0.39, 0.29) is 6.61 Å². The molecule has 0 fully saturated rings. The number of aromatic amines is 1. The molecule has 0 atom stereocenters. The number of benzene rings is 1. The Kier molecular flexibility index (Phi) is 7.31. The number of aromatic nitrogens is 1. The number of nitrogens with one attached hydrogen (secondary N) is 1. The highest BCUT2D eigenvalue weighted by molar-refractivity contribution is 5.88. The standard InChI is InChI=1S/C19H29NO2/c1-2-3-4-5-6-7-8-14-22-18-11-9-10-17-16(12-13-21)15-20-19(17)18/h9-11,15,20-21H,2-8,12-14H2,1H3. The highest BCUT2D eigenvalue weighted by Gasteiger charge is 2.07. The van der Waals surface area contributed by atoms with Crippen LogP contribution in [-0.2, 0) is 6.42 Å². The smallest absolute Gasteiger partial charge is 0.143 e. The summed E-state index contributed by atoms with van der Waals surface area (Å²) in [5, 5.41) is 10.3. The Bertz CT molecular complexity index is 547. The number of hydrogen-bond donors (Lipinski definition) is 2. The van der Waals surface area contributed by atoms with E-state index in [0.717, 1.165) is 35.2 Å². The molecule has 122 valence electrons.